The third kappa shape index (κ3) is 3.62. The molecule has 0 spiro atoms. The molecule has 2 aliphatic rings. The Balaban J connectivity index is 1.63. The molecule has 1 aromatic rings. The lowest BCUT2D eigenvalue weighted by atomic mass is 9.95. The summed E-state index contributed by atoms with van der Waals surface area (Å²) in [4.78, 5) is 0. The largest absolute Gasteiger partial charge is 0.486 e. The predicted molar refractivity (Wildman–Crippen MR) is 82.3 cm³/mol. The molecule has 5 heteroatoms. The summed E-state index contributed by atoms with van der Waals surface area (Å²) in [5.74, 6) is 1.21. The van der Waals surface area contributed by atoms with E-state index < -0.39 is 6.10 Å². The number of aliphatic hydroxyl groups is 1. The van der Waals surface area contributed by atoms with Crippen LogP contribution in [-0.4, -0.2) is 30.9 Å². The fraction of sp³-hybridized carbons (Fsp3) is 0.625. The van der Waals surface area contributed by atoms with Gasteiger partial charge in [-0.1, -0.05) is 30.9 Å². The zero-order valence-corrected chi connectivity index (χ0v) is 12.9. The second-order valence-electron chi connectivity index (χ2n) is 5.79. The zero-order valence-electron chi connectivity index (χ0n) is 12.1. The molecule has 0 amide bonds. The van der Waals surface area contributed by atoms with Crippen molar-refractivity contribution >= 4 is 11.6 Å². The van der Waals surface area contributed by atoms with Crippen LogP contribution in [0.1, 0.15) is 43.8 Å². The molecule has 0 saturated heterocycles. The van der Waals surface area contributed by atoms with Crippen molar-refractivity contribution in [1.82, 2.24) is 5.32 Å². The van der Waals surface area contributed by atoms with E-state index in [0.29, 0.717) is 42.3 Å². The molecular formula is C16H22ClNO3. The van der Waals surface area contributed by atoms with E-state index in [-0.39, 0.29) is 0 Å². The van der Waals surface area contributed by atoms with Crippen LogP contribution in [0.2, 0.25) is 5.02 Å². The Labute approximate surface area is 130 Å². The standard InChI is InChI=1S/C16H22ClNO3/c17-13-8-11(9-15-16(13)21-7-6-20-15)14(19)10-18-12-4-2-1-3-5-12/h8-9,12,14,18-19H,1-7,10H2. The molecule has 3 rings (SSSR count). The SMILES string of the molecule is OC(CNC1CCCCC1)c1cc(Cl)c2c(c1)OCCO2. The molecule has 1 saturated carbocycles. The highest BCUT2D eigenvalue weighted by atomic mass is 35.5. The molecule has 0 aromatic heterocycles. The summed E-state index contributed by atoms with van der Waals surface area (Å²) in [6, 6.07) is 4.12. The molecule has 1 unspecified atom stereocenters. The Hall–Kier alpha value is -0.970. The maximum Gasteiger partial charge on any atom is 0.179 e. The highest BCUT2D eigenvalue weighted by Gasteiger charge is 2.20. The Bertz CT molecular complexity index is 489. The maximum absolute atomic E-state index is 10.4. The number of ether oxygens (including phenoxy) is 2. The molecule has 1 aliphatic carbocycles. The molecule has 2 N–H and O–H groups in total. The van der Waals surface area contributed by atoms with E-state index in [1.54, 1.807) is 6.07 Å². The Kier molecular flexibility index (Phi) is 4.88. The van der Waals surface area contributed by atoms with Gasteiger partial charge in [0, 0.05) is 12.6 Å². The monoisotopic (exact) mass is 311 g/mol. The second-order valence-corrected chi connectivity index (χ2v) is 6.19. The molecule has 1 atom stereocenters. The van der Waals surface area contributed by atoms with E-state index in [4.69, 9.17) is 21.1 Å². The molecule has 1 aromatic carbocycles. The summed E-state index contributed by atoms with van der Waals surface area (Å²) < 4.78 is 11.0. The molecule has 116 valence electrons. The van der Waals surface area contributed by atoms with Crippen molar-refractivity contribution < 1.29 is 14.6 Å². The van der Waals surface area contributed by atoms with Crippen LogP contribution in [0.25, 0.3) is 0 Å². The first-order valence-electron chi connectivity index (χ1n) is 7.74. The molecule has 4 nitrogen and oxygen atoms in total. The van der Waals surface area contributed by atoms with Crippen molar-refractivity contribution in [3.05, 3.63) is 22.7 Å². The lowest BCUT2D eigenvalue weighted by Gasteiger charge is -2.25. The van der Waals surface area contributed by atoms with Gasteiger partial charge < -0.3 is 19.9 Å². The molecular weight excluding hydrogens is 290 g/mol. The summed E-state index contributed by atoms with van der Waals surface area (Å²) in [5, 5.41) is 14.3. The van der Waals surface area contributed by atoms with E-state index in [1.165, 1.54) is 32.1 Å². The average molecular weight is 312 g/mol. The van der Waals surface area contributed by atoms with Crippen LogP contribution < -0.4 is 14.8 Å². The number of nitrogens with one attached hydrogen (secondary N) is 1. The topological polar surface area (TPSA) is 50.7 Å². The number of fused-ring (bicyclic) bond motifs is 1. The molecule has 21 heavy (non-hydrogen) atoms. The lowest BCUT2D eigenvalue weighted by Crippen LogP contribution is -2.34. The summed E-state index contributed by atoms with van der Waals surface area (Å²) in [7, 11) is 0. The van der Waals surface area contributed by atoms with Gasteiger partial charge >= 0.3 is 0 Å². The third-order valence-electron chi connectivity index (χ3n) is 4.21. The normalized spacial score (nSPS) is 20.3. The van der Waals surface area contributed by atoms with Gasteiger partial charge in [-0.15, -0.1) is 0 Å². The fourth-order valence-corrected chi connectivity index (χ4v) is 3.30. The van der Waals surface area contributed by atoms with Crippen LogP contribution in [0.5, 0.6) is 11.5 Å². The lowest BCUT2D eigenvalue weighted by molar-refractivity contribution is 0.158. The first-order chi connectivity index (χ1) is 10.2. The summed E-state index contributed by atoms with van der Waals surface area (Å²) in [5.41, 5.74) is 0.771. The summed E-state index contributed by atoms with van der Waals surface area (Å²) >= 11 is 6.20. The predicted octanol–water partition coefficient (Wildman–Crippen LogP) is 3.07. The molecule has 0 bridgehead atoms. The highest BCUT2D eigenvalue weighted by Crippen LogP contribution is 2.39. The van der Waals surface area contributed by atoms with Gasteiger partial charge in [-0.05, 0) is 30.5 Å². The quantitative estimate of drug-likeness (QED) is 0.897. The number of aliphatic hydroxyl groups excluding tert-OH is 1. The first kappa shape index (κ1) is 14.9. The van der Waals surface area contributed by atoms with Crippen LogP contribution in [0.15, 0.2) is 12.1 Å². The highest BCUT2D eigenvalue weighted by molar-refractivity contribution is 6.32. The van der Waals surface area contributed by atoms with E-state index >= 15 is 0 Å². The van der Waals surface area contributed by atoms with E-state index in [9.17, 15) is 5.11 Å². The number of halogens is 1. The van der Waals surface area contributed by atoms with Crippen molar-refractivity contribution in [3.63, 3.8) is 0 Å². The minimum absolute atomic E-state index is 0.499. The molecule has 1 heterocycles. The van der Waals surface area contributed by atoms with Crippen molar-refractivity contribution in [2.24, 2.45) is 0 Å². The number of benzene rings is 1. The smallest absolute Gasteiger partial charge is 0.179 e. The van der Waals surface area contributed by atoms with E-state index in [1.807, 2.05) is 6.07 Å². The van der Waals surface area contributed by atoms with Gasteiger partial charge in [-0.25, -0.2) is 0 Å². The van der Waals surface area contributed by atoms with Crippen molar-refractivity contribution in [3.8, 4) is 11.5 Å². The van der Waals surface area contributed by atoms with Crippen molar-refractivity contribution in [2.75, 3.05) is 19.8 Å². The van der Waals surface area contributed by atoms with Gasteiger partial charge in [0.25, 0.3) is 0 Å². The van der Waals surface area contributed by atoms with Gasteiger partial charge in [0.15, 0.2) is 11.5 Å². The number of rotatable bonds is 4. The minimum atomic E-state index is -0.583. The molecule has 1 aliphatic heterocycles. The van der Waals surface area contributed by atoms with Crippen LogP contribution >= 0.6 is 11.6 Å². The van der Waals surface area contributed by atoms with Gasteiger partial charge in [-0.2, -0.15) is 0 Å². The maximum atomic E-state index is 10.4. The fourth-order valence-electron chi connectivity index (χ4n) is 3.03. The minimum Gasteiger partial charge on any atom is -0.486 e. The van der Waals surface area contributed by atoms with Gasteiger partial charge in [0.1, 0.15) is 13.2 Å². The summed E-state index contributed by atoms with van der Waals surface area (Å²) in [6.45, 7) is 1.57. The van der Waals surface area contributed by atoms with Crippen LogP contribution in [-0.2, 0) is 0 Å². The zero-order chi connectivity index (χ0) is 14.7. The second kappa shape index (κ2) is 6.86. The number of hydrogen-bond acceptors (Lipinski definition) is 4. The van der Waals surface area contributed by atoms with Gasteiger partial charge in [-0.3, -0.25) is 0 Å². The Morgan fingerprint density at radius 3 is 2.76 bits per heavy atom. The van der Waals surface area contributed by atoms with Crippen molar-refractivity contribution in [2.45, 2.75) is 44.2 Å². The molecule has 0 radical (unpaired) electrons. The van der Waals surface area contributed by atoms with Crippen molar-refractivity contribution in [1.29, 1.82) is 0 Å². The van der Waals surface area contributed by atoms with E-state index in [2.05, 4.69) is 5.32 Å². The Morgan fingerprint density at radius 1 is 1.19 bits per heavy atom. The molecule has 1 fully saturated rings. The summed E-state index contributed by atoms with van der Waals surface area (Å²) in [6.07, 6.45) is 5.72. The Morgan fingerprint density at radius 2 is 1.95 bits per heavy atom. The van der Waals surface area contributed by atoms with E-state index in [0.717, 1.165) is 5.56 Å². The average Bonchev–Trinajstić information content (AvgIpc) is 2.53. The van der Waals surface area contributed by atoms with Gasteiger partial charge in [0.05, 0.1) is 11.1 Å². The van der Waals surface area contributed by atoms with Crippen LogP contribution in [0.4, 0.5) is 0 Å². The third-order valence-corrected chi connectivity index (χ3v) is 4.49. The van der Waals surface area contributed by atoms with Crippen LogP contribution in [0, 0.1) is 0 Å². The van der Waals surface area contributed by atoms with Gasteiger partial charge in [0.2, 0.25) is 0 Å². The first-order valence-corrected chi connectivity index (χ1v) is 8.12. The number of hydrogen-bond donors (Lipinski definition) is 2. The van der Waals surface area contributed by atoms with Crippen LogP contribution in [0.3, 0.4) is 0 Å².